The predicted molar refractivity (Wildman–Crippen MR) is 31.0 cm³/mol. The average Bonchev–Trinajstić information content (AvgIpc) is 1.99. The third-order valence-electron chi connectivity index (χ3n) is 1.23. The highest BCUT2D eigenvalue weighted by atomic mass is 16.6. The second-order valence-corrected chi connectivity index (χ2v) is 2.03. The summed E-state index contributed by atoms with van der Waals surface area (Å²) < 4.78 is 9.79. The minimum absolute atomic E-state index is 0.243. The van der Waals surface area contributed by atoms with Crippen molar-refractivity contribution >= 4 is 5.97 Å². The van der Waals surface area contributed by atoms with Crippen LogP contribution in [0.4, 0.5) is 0 Å². The van der Waals surface area contributed by atoms with Crippen LogP contribution in [-0.2, 0) is 14.3 Å². The summed E-state index contributed by atoms with van der Waals surface area (Å²) in [4.78, 5) is 10.7. The molecule has 52 valence electrons. The zero-order valence-electron chi connectivity index (χ0n) is 5.42. The predicted octanol–water partition coefficient (Wildman–Crippen LogP) is 0.338. The van der Waals surface area contributed by atoms with Crippen LogP contribution in [0.25, 0.3) is 0 Å². The van der Waals surface area contributed by atoms with Crippen molar-refractivity contribution in [3.05, 3.63) is 0 Å². The van der Waals surface area contributed by atoms with E-state index < -0.39 is 0 Å². The zero-order valence-corrected chi connectivity index (χ0v) is 5.42. The Morgan fingerprint density at radius 1 is 1.56 bits per heavy atom. The van der Waals surface area contributed by atoms with Crippen LogP contribution < -0.4 is 0 Å². The monoisotopic (exact) mass is 130 g/mol. The summed E-state index contributed by atoms with van der Waals surface area (Å²) in [6.45, 7) is 2.84. The number of carbonyl (C=O) groups is 1. The van der Waals surface area contributed by atoms with Crippen LogP contribution in [0.5, 0.6) is 0 Å². The van der Waals surface area contributed by atoms with Crippen molar-refractivity contribution in [1.82, 2.24) is 0 Å². The van der Waals surface area contributed by atoms with Gasteiger partial charge in [0.05, 0.1) is 13.2 Å². The van der Waals surface area contributed by atoms with Crippen LogP contribution in [-0.4, -0.2) is 25.3 Å². The van der Waals surface area contributed by atoms with E-state index in [0.29, 0.717) is 13.2 Å². The fraction of sp³-hybridized carbons (Fsp3) is 0.833. The van der Waals surface area contributed by atoms with Gasteiger partial charge in [0.25, 0.3) is 0 Å². The van der Waals surface area contributed by atoms with Crippen molar-refractivity contribution in [3.8, 4) is 0 Å². The highest BCUT2D eigenvalue weighted by Crippen LogP contribution is 2.01. The molecule has 1 heterocycles. The maximum absolute atomic E-state index is 10.7. The molecule has 0 radical (unpaired) electrons. The topological polar surface area (TPSA) is 35.5 Å². The standard InChI is InChI=1S/C6H10O3/c1-5-6(7)9-4-2-3-8-5/h5H,2-4H2,1H3/t5-/m1/s1. The van der Waals surface area contributed by atoms with Gasteiger partial charge < -0.3 is 9.47 Å². The Balaban J connectivity index is 2.41. The van der Waals surface area contributed by atoms with Gasteiger partial charge >= 0.3 is 5.97 Å². The molecule has 0 aromatic rings. The fourth-order valence-corrected chi connectivity index (χ4v) is 0.677. The first-order chi connectivity index (χ1) is 4.30. The molecule has 1 aliphatic heterocycles. The molecule has 9 heavy (non-hydrogen) atoms. The van der Waals surface area contributed by atoms with Crippen LogP contribution in [0.3, 0.4) is 0 Å². The normalized spacial score (nSPS) is 29.0. The molecule has 1 fully saturated rings. The van der Waals surface area contributed by atoms with E-state index in [2.05, 4.69) is 0 Å². The molecule has 0 unspecified atom stereocenters. The van der Waals surface area contributed by atoms with E-state index in [1.807, 2.05) is 0 Å². The van der Waals surface area contributed by atoms with Crippen molar-refractivity contribution in [1.29, 1.82) is 0 Å². The molecule has 0 saturated carbocycles. The Morgan fingerprint density at radius 2 is 2.33 bits per heavy atom. The van der Waals surface area contributed by atoms with E-state index in [9.17, 15) is 4.79 Å². The molecule has 1 rings (SSSR count). The molecule has 3 heteroatoms. The summed E-state index contributed by atoms with van der Waals surface area (Å²) in [6.07, 6.45) is 0.447. The van der Waals surface area contributed by atoms with Crippen LogP contribution in [0.15, 0.2) is 0 Å². The highest BCUT2D eigenvalue weighted by molar-refractivity contribution is 5.74. The van der Waals surface area contributed by atoms with E-state index >= 15 is 0 Å². The highest BCUT2D eigenvalue weighted by Gasteiger charge is 2.16. The second kappa shape index (κ2) is 2.82. The van der Waals surface area contributed by atoms with Crippen LogP contribution >= 0.6 is 0 Å². The van der Waals surface area contributed by atoms with Crippen LogP contribution in [0.1, 0.15) is 13.3 Å². The molecule has 0 aliphatic carbocycles. The molecule has 0 spiro atoms. The van der Waals surface area contributed by atoms with Gasteiger partial charge in [-0.3, -0.25) is 0 Å². The Hall–Kier alpha value is -0.570. The molecular weight excluding hydrogens is 120 g/mol. The fourth-order valence-electron chi connectivity index (χ4n) is 0.677. The minimum Gasteiger partial charge on any atom is -0.464 e. The lowest BCUT2D eigenvalue weighted by Gasteiger charge is -2.03. The smallest absolute Gasteiger partial charge is 0.334 e. The summed E-state index contributed by atoms with van der Waals surface area (Å²) in [5.41, 5.74) is 0. The number of hydrogen-bond acceptors (Lipinski definition) is 3. The maximum Gasteiger partial charge on any atom is 0.334 e. The summed E-state index contributed by atoms with van der Waals surface area (Å²) in [7, 11) is 0. The molecule has 1 saturated heterocycles. The van der Waals surface area contributed by atoms with Gasteiger partial charge in [-0.25, -0.2) is 4.79 Å². The van der Waals surface area contributed by atoms with Gasteiger partial charge in [0.2, 0.25) is 0 Å². The molecule has 1 aliphatic rings. The number of ether oxygens (including phenoxy) is 2. The van der Waals surface area contributed by atoms with E-state index in [1.165, 1.54) is 0 Å². The molecular formula is C6H10O3. The third-order valence-corrected chi connectivity index (χ3v) is 1.23. The van der Waals surface area contributed by atoms with Crippen molar-refractivity contribution in [2.75, 3.05) is 13.2 Å². The molecule has 0 aromatic heterocycles. The van der Waals surface area contributed by atoms with Crippen LogP contribution in [0.2, 0.25) is 0 Å². The summed E-state index contributed by atoms with van der Waals surface area (Å²) in [5, 5.41) is 0. The first-order valence-electron chi connectivity index (χ1n) is 3.09. The summed E-state index contributed by atoms with van der Waals surface area (Å²) >= 11 is 0. The van der Waals surface area contributed by atoms with Gasteiger partial charge in [-0.15, -0.1) is 0 Å². The number of rotatable bonds is 0. The SMILES string of the molecule is C[C@H]1OCCCOC1=O. The number of esters is 1. The molecule has 3 nitrogen and oxygen atoms in total. The molecule has 1 atom stereocenters. The van der Waals surface area contributed by atoms with Gasteiger partial charge in [-0.1, -0.05) is 0 Å². The Kier molecular flexibility index (Phi) is 2.05. The van der Waals surface area contributed by atoms with E-state index in [1.54, 1.807) is 6.92 Å². The van der Waals surface area contributed by atoms with Crippen molar-refractivity contribution < 1.29 is 14.3 Å². The Labute approximate surface area is 53.9 Å². The van der Waals surface area contributed by atoms with Crippen molar-refractivity contribution in [2.24, 2.45) is 0 Å². The van der Waals surface area contributed by atoms with Crippen molar-refractivity contribution in [2.45, 2.75) is 19.4 Å². The molecule has 0 amide bonds. The second-order valence-electron chi connectivity index (χ2n) is 2.03. The first-order valence-corrected chi connectivity index (χ1v) is 3.09. The zero-order chi connectivity index (χ0) is 6.69. The molecule has 0 aromatic carbocycles. The van der Waals surface area contributed by atoms with Crippen LogP contribution in [0, 0.1) is 0 Å². The van der Waals surface area contributed by atoms with E-state index in [-0.39, 0.29) is 12.1 Å². The average molecular weight is 130 g/mol. The number of hydrogen-bond donors (Lipinski definition) is 0. The maximum atomic E-state index is 10.7. The Morgan fingerprint density at radius 3 is 3.11 bits per heavy atom. The lowest BCUT2D eigenvalue weighted by molar-refractivity contribution is -0.151. The molecule has 0 N–H and O–H groups in total. The van der Waals surface area contributed by atoms with Gasteiger partial charge in [0.1, 0.15) is 0 Å². The minimum atomic E-state index is -0.368. The first kappa shape index (κ1) is 6.55. The van der Waals surface area contributed by atoms with E-state index in [0.717, 1.165) is 6.42 Å². The van der Waals surface area contributed by atoms with E-state index in [4.69, 9.17) is 9.47 Å². The van der Waals surface area contributed by atoms with Gasteiger partial charge in [-0.2, -0.15) is 0 Å². The third kappa shape index (κ3) is 1.68. The lowest BCUT2D eigenvalue weighted by atomic mass is 10.4. The largest absolute Gasteiger partial charge is 0.464 e. The summed E-state index contributed by atoms with van der Waals surface area (Å²) in [5.74, 6) is -0.243. The number of cyclic esters (lactones) is 1. The van der Waals surface area contributed by atoms with Gasteiger partial charge in [0, 0.05) is 6.42 Å². The van der Waals surface area contributed by atoms with Crippen molar-refractivity contribution in [3.63, 3.8) is 0 Å². The number of carbonyl (C=O) groups excluding carboxylic acids is 1. The van der Waals surface area contributed by atoms with Gasteiger partial charge in [-0.05, 0) is 6.92 Å². The molecule has 0 bridgehead atoms. The quantitative estimate of drug-likeness (QED) is 0.443. The Bertz CT molecular complexity index is 111. The summed E-state index contributed by atoms with van der Waals surface area (Å²) in [6, 6.07) is 0. The lowest BCUT2D eigenvalue weighted by Crippen LogP contribution is -2.19. The van der Waals surface area contributed by atoms with Gasteiger partial charge in [0.15, 0.2) is 6.10 Å².